The minimum absolute atomic E-state index is 0.407. The van der Waals surface area contributed by atoms with Crippen LogP contribution in [0.4, 0.5) is 0 Å². The minimum atomic E-state index is -3.02. The predicted molar refractivity (Wildman–Crippen MR) is 41.9 cm³/mol. The molecule has 50 valence electrons. The molecular weight excluding hydrogens is 187 g/mol. The molecule has 8 heavy (non-hydrogen) atoms. The molecular formula is C2H6ClO2PS2. The molecule has 0 radical (unpaired) electrons. The van der Waals surface area contributed by atoms with Crippen LogP contribution in [0.15, 0.2) is 0 Å². The zero-order valence-corrected chi connectivity index (χ0v) is 7.23. The topological polar surface area (TPSA) is 40.5 Å². The summed E-state index contributed by atoms with van der Waals surface area (Å²) in [6.45, 7) is 0. The molecule has 0 aliphatic carbocycles. The van der Waals surface area contributed by atoms with Gasteiger partial charge in [-0.3, -0.25) is 0 Å². The first kappa shape index (κ1) is 9.21. The molecule has 2 N–H and O–H groups in total. The summed E-state index contributed by atoms with van der Waals surface area (Å²) in [6.07, 6.45) is 0. The lowest BCUT2D eigenvalue weighted by Gasteiger charge is -2.02. The van der Waals surface area contributed by atoms with Crippen molar-refractivity contribution in [2.24, 2.45) is 0 Å². The van der Waals surface area contributed by atoms with Gasteiger partial charge in [0.2, 0.25) is 5.69 Å². The second-order valence-electron chi connectivity index (χ2n) is 1.01. The van der Waals surface area contributed by atoms with E-state index in [1.807, 2.05) is 0 Å². The van der Waals surface area contributed by atoms with Gasteiger partial charge in [-0.25, -0.2) is 0 Å². The summed E-state index contributed by atoms with van der Waals surface area (Å²) in [5.41, 5.74) is -3.02. The maximum atomic E-state index is 8.53. The Labute approximate surface area is 62.2 Å². The number of hydrogen-bond acceptors (Lipinski definition) is 2. The van der Waals surface area contributed by atoms with Crippen LogP contribution in [0.25, 0.3) is 0 Å². The second kappa shape index (κ2) is 4.09. The van der Waals surface area contributed by atoms with Gasteiger partial charge in [0.15, 0.2) is 0 Å². The fourth-order valence-corrected chi connectivity index (χ4v) is 2.67. The summed E-state index contributed by atoms with van der Waals surface area (Å²) in [4.78, 5) is 17.1. The van der Waals surface area contributed by atoms with E-state index in [-0.39, 0.29) is 0 Å². The van der Waals surface area contributed by atoms with Crippen molar-refractivity contribution in [2.75, 3.05) is 11.6 Å². The normalized spacial score (nSPS) is 11.9. The summed E-state index contributed by atoms with van der Waals surface area (Å²) < 4.78 is 0. The van der Waals surface area contributed by atoms with Crippen LogP contribution in [0, 0.1) is 0 Å². The fourth-order valence-electron chi connectivity index (χ4n) is 0.153. The van der Waals surface area contributed by atoms with Crippen LogP contribution >= 0.6 is 28.7 Å². The number of alkyl halides is 1. The van der Waals surface area contributed by atoms with Crippen LogP contribution in [0.3, 0.4) is 0 Å². The van der Waals surface area contributed by atoms with Gasteiger partial charge in [-0.05, 0) is 11.8 Å². The van der Waals surface area contributed by atoms with E-state index < -0.39 is 5.69 Å². The maximum absolute atomic E-state index is 8.53. The van der Waals surface area contributed by atoms with Crippen LogP contribution in [-0.2, 0) is 11.8 Å². The zero-order valence-electron chi connectivity index (χ0n) is 3.95. The van der Waals surface area contributed by atoms with Gasteiger partial charge in [0.1, 0.15) is 0 Å². The van der Waals surface area contributed by atoms with Gasteiger partial charge in [0.25, 0.3) is 0 Å². The largest absolute Gasteiger partial charge is 0.338 e. The van der Waals surface area contributed by atoms with Crippen molar-refractivity contribution in [3.63, 3.8) is 0 Å². The standard InChI is InChI=1S/C2H6ClO2PS2/c3-1-2-8-6(4,5)7/h1-2H2,(H2,4,5,7). The van der Waals surface area contributed by atoms with E-state index in [0.717, 1.165) is 11.4 Å². The Morgan fingerprint density at radius 2 is 2.12 bits per heavy atom. The SMILES string of the molecule is OP(O)(=S)SCCCl. The number of halogens is 1. The molecule has 0 heterocycles. The van der Waals surface area contributed by atoms with Gasteiger partial charge in [-0.1, -0.05) is 11.4 Å². The highest BCUT2D eigenvalue weighted by Crippen LogP contribution is 2.50. The summed E-state index contributed by atoms with van der Waals surface area (Å²) in [6, 6.07) is 0. The number of hydrogen-bond donors (Lipinski definition) is 2. The molecule has 0 unspecified atom stereocenters. The molecule has 0 aromatic heterocycles. The van der Waals surface area contributed by atoms with E-state index in [0.29, 0.717) is 11.6 Å². The smallest absolute Gasteiger partial charge is 0.242 e. The van der Waals surface area contributed by atoms with Crippen LogP contribution in [0.2, 0.25) is 0 Å². The van der Waals surface area contributed by atoms with Crippen molar-refractivity contribution in [3.8, 4) is 0 Å². The molecule has 0 saturated heterocycles. The van der Waals surface area contributed by atoms with Crippen molar-refractivity contribution in [1.82, 2.24) is 0 Å². The van der Waals surface area contributed by atoms with Crippen molar-refractivity contribution >= 4 is 40.5 Å². The van der Waals surface area contributed by atoms with Gasteiger partial charge in [0, 0.05) is 11.6 Å². The fraction of sp³-hybridized carbons (Fsp3) is 1.00. The molecule has 0 fully saturated rings. The third-order valence-corrected chi connectivity index (χ3v) is 3.98. The van der Waals surface area contributed by atoms with E-state index in [1.165, 1.54) is 0 Å². The Balaban J connectivity index is 3.26. The summed E-state index contributed by atoms with van der Waals surface area (Å²) in [5.74, 6) is 0.913. The van der Waals surface area contributed by atoms with Crippen LogP contribution in [-0.4, -0.2) is 21.4 Å². The van der Waals surface area contributed by atoms with Crippen LogP contribution in [0.5, 0.6) is 0 Å². The van der Waals surface area contributed by atoms with Crippen LogP contribution < -0.4 is 0 Å². The van der Waals surface area contributed by atoms with Crippen molar-refractivity contribution < 1.29 is 9.79 Å². The van der Waals surface area contributed by atoms with E-state index in [1.54, 1.807) is 0 Å². The molecule has 0 rings (SSSR count). The molecule has 0 bridgehead atoms. The van der Waals surface area contributed by atoms with Gasteiger partial charge < -0.3 is 9.79 Å². The zero-order chi connectivity index (χ0) is 6.62. The molecule has 0 aliphatic rings. The number of rotatable bonds is 3. The molecule has 0 atom stereocenters. The Kier molecular flexibility index (Phi) is 4.71. The van der Waals surface area contributed by atoms with Crippen molar-refractivity contribution in [1.29, 1.82) is 0 Å². The Bertz CT molecular complexity index is 102. The van der Waals surface area contributed by atoms with Gasteiger partial charge in [0.05, 0.1) is 0 Å². The van der Waals surface area contributed by atoms with Gasteiger partial charge in [-0.2, -0.15) is 0 Å². The van der Waals surface area contributed by atoms with Gasteiger partial charge >= 0.3 is 0 Å². The highest BCUT2D eigenvalue weighted by atomic mass is 35.5. The molecule has 6 heteroatoms. The third kappa shape index (κ3) is 7.21. The quantitative estimate of drug-likeness (QED) is 0.520. The Morgan fingerprint density at radius 3 is 2.25 bits per heavy atom. The summed E-state index contributed by atoms with van der Waals surface area (Å²) in [5, 5.41) is 0. The monoisotopic (exact) mass is 192 g/mol. The average molecular weight is 193 g/mol. The van der Waals surface area contributed by atoms with E-state index in [9.17, 15) is 0 Å². The molecule has 0 aromatic carbocycles. The molecule has 0 spiro atoms. The minimum Gasteiger partial charge on any atom is -0.338 e. The molecule has 0 aromatic rings. The first-order valence-corrected chi connectivity index (χ1v) is 6.65. The lowest BCUT2D eigenvalue weighted by molar-refractivity contribution is 0.502. The van der Waals surface area contributed by atoms with Crippen molar-refractivity contribution in [2.45, 2.75) is 0 Å². The third-order valence-electron chi connectivity index (χ3n) is 0.337. The molecule has 0 saturated carbocycles. The highest BCUT2D eigenvalue weighted by Gasteiger charge is 2.05. The summed E-state index contributed by atoms with van der Waals surface area (Å²) >= 11 is 10.5. The maximum Gasteiger partial charge on any atom is 0.242 e. The molecule has 2 nitrogen and oxygen atoms in total. The van der Waals surface area contributed by atoms with E-state index >= 15 is 0 Å². The first-order chi connectivity index (χ1) is 3.56. The Morgan fingerprint density at radius 1 is 1.62 bits per heavy atom. The highest BCUT2D eigenvalue weighted by molar-refractivity contribution is 8.67. The molecule has 0 amide bonds. The van der Waals surface area contributed by atoms with Crippen molar-refractivity contribution in [3.05, 3.63) is 0 Å². The van der Waals surface area contributed by atoms with E-state index in [4.69, 9.17) is 21.4 Å². The predicted octanol–water partition coefficient (Wildman–Crippen LogP) is 1.17. The average Bonchev–Trinajstić information content (AvgIpc) is 1.59. The summed E-state index contributed by atoms with van der Waals surface area (Å²) in [7, 11) is 0. The lowest BCUT2D eigenvalue weighted by atomic mass is 11.0. The Hall–Kier alpha value is 1.21. The molecule has 0 aliphatic heterocycles. The second-order valence-corrected chi connectivity index (χ2v) is 7.56. The first-order valence-electron chi connectivity index (χ1n) is 1.82. The van der Waals surface area contributed by atoms with Crippen LogP contribution in [0.1, 0.15) is 0 Å². The van der Waals surface area contributed by atoms with E-state index in [2.05, 4.69) is 11.8 Å². The van der Waals surface area contributed by atoms with Gasteiger partial charge in [-0.15, -0.1) is 11.6 Å². The lowest BCUT2D eigenvalue weighted by Crippen LogP contribution is -1.77.